The van der Waals surface area contributed by atoms with Crippen LogP contribution in [0.2, 0.25) is 0 Å². The molecule has 0 aliphatic heterocycles. The molecule has 3 heteroatoms. The van der Waals surface area contributed by atoms with E-state index in [4.69, 9.17) is 14.6 Å². The molecule has 0 atom stereocenters. The maximum atomic E-state index is 8.24. The molecular weight excluding hydrogens is 216 g/mol. The van der Waals surface area contributed by atoms with Gasteiger partial charge in [-0.25, -0.2) is 0 Å². The Kier molecular flexibility index (Phi) is 24.0. The summed E-state index contributed by atoms with van der Waals surface area (Å²) >= 11 is 0. The number of unbranched alkanes of at least 4 members (excludes halogenated alkanes) is 3. The van der Waals surface area contributed by atoms with Crippen LogP contribution in [-0.2, 0) is 9.47 Å². The van der Waals surface area contributed by atoms with Crippen LogP contribution in [0, 0.1) is 0 Å². The molecule has 0 fully saturated rings. The van der Waals surface area contributed by atoms with Gasteiger partial charge in [0, 0.05) is 19.8 Å². The second-order valence-corrected chi connectivity index (χ2v) is 4.01. The molecule has 0 aliphatic rings. The Bertz CT molecular complexity index is 95.6. The van der Waals surface area contributed by atoms with Crippen LogP contribution in [0.4, 0.5) is 0 Å². The molecular formula is C14H32O3. The number of hydrogen-bond donors (Lipinski definition) is 1. The van der Waals surface area contributed by atoms with Gasteiger partial charge >= 0.3 is 0 Å². The summed E-state index contributed by atoms with van der Waals surface area (Å²) < 4.78 is 10.3. The highest BCUT2D eigenvalue weighted by molar-refractivity contribution is 4.34. The topological polar surface area (TPSA) is 38.7 Å². The van der Waals surface area contributed by atoms with Crippen LogP contribution in [0.1, 0.15) is 59.3 Å². The van der Waals surface area contributed by atoms with Gasteiger partial charge in [0.25, 0.3) is 0 Å². The van der Waals surface area contributed by atoms with Gasteiger partial charge < -0.3 is 14.6 Å². The van der Waals surface area contributed by atoms with Crippen molar-refractivity contribution in [3.63, 3.8) is 0 Å². The molecule has 0 amide bonds. The van der Waals surface area contributed by atoms with Gasteiger partial charge in [0.2, 0.25) is 0 Å². The van der Waals surface area contributed by atoms with Crippen molar-refractivity contribution in [1.82, 2.24) is 0 Å². The molecule has 0 saturated carbocycles. The first-order valence-electron chi connectivity index (χ1n) is 7.09. The Balaban J connectivity index is 0. The summed E-state index contributed by atoms with van der Waals surface area (Å²) in [6, 6.07) is 0. The van der Waals surface area contributed by atoms with Crippen molar-refractivity contribution in [3.05, 3.63) is 0 Å². The van der Waals surface area contributed by atoms with Crippen molar-refractivity contribution in [2.45, 2.75) is 59.3 Å². The third-order valence-electron chi connectivity index (χ3n) is 2.16. The van der Waals surface area contributed by atoms with Gasteiger partial charge in [-0.1, -0.05) is 40.0 Å². The lowest BCUT2D eigenvalue weighted by Crippen LogP contribution is -1.99. The molecule has 0 radical (unpaired) electrons. The third kappa shape index (κ3) is 25.8. The van der Waals surface area contributed by atoms with Crippen molar-refractivity contribution >= 4 is 0 Å². The van der Waals surface area contributed by atoms with Crippen LogP contribution >= 0.6 is 0 Å². The first kappa shape index (κ1) is 19.2. The second kappa shape index (κ2) is 21.2. The summed E-state index contributed by atoms with van der Waals surface area (Å²) in [7, 11) is 0. The number of rotatable bonds is 11. The predicted molar refractivity (Wildman–Crippen MR) is 73.4 cm³/mol. The minimum absolute atomic E-state index is 0.143. The standard InChI is InChI=1S/C8H18O.C6H14O2/c1-3-5-7-9-8-6-4-2;1-2-3-5-8-6-4-7/h3-8H2,1-2H3;7H,2-6H2,1H3. The van der Waals surface area contributed by atoms with Gasteiger partial charge in [-0.2, -0.15) is 0 Å². The summed E-state index contributed by atoms with van der Waals surface area (Å²) in [5.41, 5.74) is 0. The minimum atomic E-state index is 0.143. The monoisotopic (exact) mass is 248 g/mol. The van der Waals surface area contributed by atoms with E-state index >= 15 is 0 Å². The highest BCUT2D eigenvalue weighted by Crippen LogP contribution is 1.91. The summed E-state index contributed by atoms with van der Waals surface area (Å²) in [4.78, 5) is 0. The van der Waals surface area contributed by atoms with Gasteiger partial charge in [-0.05, 0) is 19.3 Å². The highest BCUT2D eigenvalue weighted by Gasteiger charge is 1.84. The summed E-state index contributed by atoms with van der Waals surface area (Å²) in [6.45, 7) is 9.81. The Morgan fingerprint density at radius 1 is 0.647 bits per heavy atom. The molecule has 0 bridgehead atoms. The maximum absolute atomic E-state index is 8.24. The predicted octanol–water partition coefficient (Wildman–Crippen LogP) is 3.40. The average molecular weight is 248 g/mol. The van der Waals surface area contributed by atoms with Gasteiger partial charge in [-0.3, -0.25) is 0 Å². The lowest BCUT2D eigenvalue weighted by molar-refractivity contribution is 0.0904. The quantitative estimate of drug-likeness (QED) is 0.570. The Hall–Kier alpha value is -0.120. The Morgan fingerprint density at radius 3 is 1.29 bits per heavy atom. The van der Waals surface area contributed by atoms with Crippen molar-refractivity contribution in [1.29, 1.82) is 0 Å². The largest absolute Gasteiger partial charge is 0.394 e. The molecule has 3 nitrogen and oxygen atoms in total. The van der Waals surface area contributed by atoms with Gasteiger partial charge in [0.1, 0.15) is 0 Å². The van der Waals surface area contributed by atoms with E-state index in [2.05, 4.69) is 20.8 Å². The van der Waals surface area contributed by atoms with Gasteiger partial charge in [-0.15, -0.1) is 0 Å². The van der Waals surface area contributed by atoms with E-state index in [0.29, 0.717) is 6.61 Å². The highest BCUT2D eigenvalue weighted by atomic mass is 16.5. The fourth-order valence-electron chi connectivity index (χ4n) is 1.01. The van der Waals surface area contributed by atoms with E-state index in [1.807, 2.05) is 0 Å². The van der Waals surface area contributed by atoms with Crippen LogP contribution in [0.15, 0.2) is 0 Å². The molecule has 17 heavy (non-hydrogen) atoms. The molecule has 0 aromatic carbocycles. The molecule has 0 rings (SSSR count). The lowest BCUT2D eigenvalue weighted by Gasteiger charge is -1.99. The third-order valence-corrected chi connectivity index (χ3v) is 2.16. The van der Waals surface area contributed by atoms with Crippen molar-refractivity contribution in [2.75, 3.05) is 33.0 Å². The molecule has 0 saturated heterocycles. The van der Waals surface area contributed by atoms with Crippen molar-refractivity contribution in [3.8, 4) is 0 Å². The number of aliphatic hydroxyl groups is 1. The van der Waals surface area contributed by atoms with Gasteiger partial charge in [0.05, 0.1) is 13.2 Å². The van der Waals surface area contributed by atoms with Crippen LogP contribution in [0.25, 0.3) is 0 Å². The smallest absolute Gasteiger partial charge is 0.0697 e. The average Bonchev–Trinajstić information content (AvgIpc) is 2.36. The first-order chi connectivity index (χ1) is 8.33. The van der Waals surface area contributed by atoms with Crippen LogP contribution < -0.4 is 0 Å². The zero-order valence-corrected chi connectivity index (χ0v) is 12.0. The molecule has 0 unspecified atom stereocenters. The van der Waals surface area contributed by atoms with E-state index < -0.39 is 0 Å². The lowest BCUT2D eigenvalue weighted by atomic mass is 10.3. The Labute approximate surface area is 108 Å². The zero-order chi connectivity index (χ0) is 13.2. The summed E-state index contributed by atoms with van der Waals surface area (Å²) in [6.07, 6.45) is 7.16. The zero-order valence-electron chi connectivity index (χ0n) is 12.0. The van der Waals surface area contributed by atoms with Crippen molar-refractivity contribution in [2.24, 2.45) is 0 Å². The fourth-order valence-corrected chi connectivity index (χ4v) is 1.01. The first-order valence-corrected chi connectivity index (χ1v) is 7.09. The number of hydrogen-bond acceptors (Lipinski definition) is 3. The van der Waals surface area contributed by atoms with E-state index in [1.54, 1.807) is 0 Å². The van der Waals surface area contributed by atoms with Crippen LogP contribution in [0.3, 0.4) is 0 Å². The molecule has 0 aromatic heterocycles. The van der Waals surface area contributed by atoms with Crippen LogP contribution in [-0.4, -0.2) is 38.1 Å². The minimum Gasteiger partial charge on any atom is -0.394 e. The molecule has 0 aromatic rings. The van der Waals surface area contributed by atoms with E-state index in [9.17, 15) is 0 Å². The van der Waals surface area contributed by atoms with Crippen LogP contribution in [0.5, 0.6) is 0 Å². The van der Waals surface area contributed by atoms with Gasteiger partial charge in [0.15, 0.2) is 0 Å². The molecule has 1 N–H and O–H groups in total. The molecule has 106 valence electrons. The van der Waals surface area contributed by atoms with Crippen molar-refractivity contribution < 1.29 is 14.6 Å². The number of aliphatic hydroxyl groups excluding tert-OH is 1. The number of ether oxygens (including phenoxy) is 2. The van der Waals surface area contributed by atoms with E-state index in [1.165, 1.54) is 25.7 Å². The maximum Gasteiger partial charge on any atom is 0.0697 e. The summed E-state index contributed by atoms with van der Waals surface area (Å²) in [5.74, 6) is 0. The summed E-state index contributed by atoms with van der Waals surface area (Å²) in [5, 5.41) is 8.24. The molecule has 0 heterocycles. The second-order valence-electron chi connectivity index (χ2n) is 4.01. The molecule has 0 aliphatic carbocycles. The Morgan fingerprint density at radius 2 is 1.00 bits per heavy atom. The van der Waals surface area contributed by atoms with E-state index in [-0.39, 0.29) is 6.61 Å². The fraction of sp³-hybridized carbons (Fsp3) is 1.00. The van der Waals surface area contributed by atoms with E-state index in [0.717, 1.165) is 32.7 Å². The molecule has 0 spiro atoms. The SMILES string of the molecule is CCCCOCCCC.CCCCOCCO. The normalized spacial score (nSPS) is 9.88.